The fraction of sp³-hybridized carbons (Fsp3) is 0.286. The van der Waals surface area contributed by atoms with E-state index in [1.54, 1.807) is 30.3 Å². The number of carbonyl (C=O) groups is 3. The number of hydrogen-bond acceptors (Lipinski definition) is 4. The molecule has 0 aliphatic rings. The molecule has 0 aliphatic carbocycles. The van der Waals surface area contributed by atoms with Gasteiger partial charge in [0.05, 0.1) is 0 Å². The number of aryl methyl sites for hydroxylation is 2. The van der Waals surface area contributed by atoms with E-state index >= 15 is 0 Å². The van der Waals surface area contributed by atoms with Crippen molar-refractivity contribution in [1.29, 1.82) is 0 Å². The zero-order chi connectivity index (χ0) is 20.0. The third-order valence-electron chi connectivity index (χ3n) is 4.05. The summed E-state index contributed by atoms with van der Waals surface area (Å²) >= 11 is 0. The van der Waals surface area contributed by atoms with E-state index < -0.39 is 24.0 Å². The topological polar surface area (TPSA) is 84.5 Å². The second-order valence-corrected chi connectivity index (χ2v) is 6.45. The minimum Gasteiger partial charge on any atom is -0.451 e. The van der Waals surface area contributed by atoms with Crippen molar-refractivity contribution >= 4 is 23.5 Å². The van der Waals surface area contributed by atoms with Crippen LogP contribution in [-0.4, -0.2) is 29.9 Å². The Morgan fingerprint density at radius 2 is 1.63 bits per heavy atom. The van der Waals surface area contributed by atoms with Gasteiger partial charge in [-0.15, -0.1) is 0 Å². The van der Waals surface area contributed by atoms with Gasteiger partial charge in [0.2, 0.25) is 0 Å². The molecule has 0 aliphatic heterocycles. The lowest BCUT2D eigenvalue weighted by Gasteiger charge is -2.18. The van der Waals surface area contributed by atoms with E-state index in [1.165, 1.54) is 13.8 Å². The minimum absolute atomic E-state index is 0.382. The SMILES string of the molecule is Cc1ccc(C)c(NC(=O)[C@H](C)OC(=O)[C@H](C)NC(=O)c2ccccc2)c1. The summed E-state index contributed by atoms with van der Waals surface area (Å²) in [5.74, 6) is -1.49. The van der Waals surface area contributed by atoms with E-state index in [-0.39, 0.29) is 5.91 Å². The summed E-state index contributed by atoms with van der Waals surface area (Å²) in [6.07, 6.45) is -0.992. The molecule has 27 heavy (non-hydrogen) atoms. The van der Waals surface area contributed by atoms with Crippen molar-refractivity contribution in [2.24, 2.45) is 0 Å². The zero-order valence-corrected chi connectivity index (χ0v) is 15.9. The Morgan fingerprint density at radius 3 is 2.30 bits per heavy atom. The molecular formula is C21H24N2O4. The Labute approximate surface area is 158 Å². The molecule has 0 fully saturated rings. The van der Waals surface area contributed by atoms with Gasteiger partial charge in [0.1, 0.15) is 6.04 Å². The van der Waals surface area contributed by atoms with Gasteiger partial charge in [-0.2, -0.15) is 0 Å². The molecule has 2 atom stereocenters. The van der Waals surface area contributed by atoms with Crippen molar-refractivity contribution < 1.29 is 19.1 Å². The second kappa shape index (κ2) is 8.98. The van der Waals surface area contributed by atoms with Crippen LogP contribution in [0.15, 0.2) is 48.5 Å². The normalized spacial score (nSPS) is 12.6. The first-order valence-electron chi connectivity index (χ1n) is 8.72. The molecule has 6 nitrogen and oxygen atoms in total. The van der Waals surface area contributed by atoms with E-state index in [4.69, 9.17) is 4.74 Å². The molecule has 0 saturated carbocycles. The van der Waals surface area contributed by atoms with Gasteiger partial charge in [0, 0.05) is 11.3 Å². The van der Waals surface area contributed by atoms with Crippen LogP contribution in [0.3, 0.4) is 0 Å². The van der Waals surface area contributed by atoms with Crippen molar-refractivity contribution in [3.8, 4) is 0 Å². The smallest absolute Gasteiger partial charge is 0.329 e. The van der Waals surface area contributed by atoms with Gasteiger partial charge in [-0.1, -0.05) is 30.3 Å². The van der Waals surface area contributed by atoms with Gasteiger partial charge in [-0.25, -0.2) is 4.79 Å². The third-order valence-corrected chi connectivity index (χ3v) is 4.05. The first-order valence-corrected chi connectivity index (χ1v) is 8.72. The number of hydrogen-bond donors (Lipinski definition) is 2. The van der Waals surface area contributed by atoms with Gasteiger partial charge in [-0.3, -0.25) is 9.59 Å². The van der Waals surface area contributed by atoms with Gasteiger partial charge >= 0.3 is 5.97 Å². The number of benzene rings is 2. The monoisotopic (exact) mass is 368 g/mol. The van der Waals surface area contributed by atoms with Crippen LogP contribution in [0.4, 0.5) is 5.69 Å². The maximum absolute atomic E-state index is 12.3. The summed E-state index contributed by atoms with van der Waals surface area (Å²) in [5.41, 5.74) is 3.04. The molecule has 2 aromatic rings. The average Bonchev–Trinajstić information content (AvgIpc) is 2.65. The minimum atomic E-state index is -0.992. The summed E-state index contributed by atoms with van der Waals surface area (Å²) in [5, 5.41) is 5.32. The summed E-state index contributed by atoms with van der Waals surface area (Å²) < 4.78 is 5.19. The van der Waals surface area contributed by atoms with Crippen LogP contribution in [-0.2, 0) is 14.3 Å². The molecule has 2 rings (SSSR count). The highest BCUT2D eigenvalue weighted by Gasteiger charge is 2.23. The largest absolute Gasteiger partial charge is 0.451 e. The van der Waals surface area contributed by atoms with E-state index in [2.05, 4.69) is 10.6 Å². The lowest BCUT2D eigenvalue weighted by atomic mass is 10.1. The molecule has 0 bridgehead atoms. The maximum atomic E-state index is 12.3. The van der Waals surface area contributed by atoms with Crippen molar-refractivity contribution in [3.05, 3.63) is 65.2 Å². The summed E-state index contributed by atoms with van der Waals surface area (Å²) in [6.45, 7) is 6.81. The number of anilines is 1. The molecule has 142 valence electrons. The van der Waals surface area contributed by atoms with Crippen LogP contribution in [0, 0.1) is 13.8 Å². The van der Waals surface area contributed by atoms with Crippen molar-refractivity contribution in [1.82, 2.24) is 5.32 Å². The Hall–Kier alpha value is -3.15. The van der Waals surface area contributed by atoms with Crippen LogP contribution >= 0.6 is 0 Å². The second-order valence-electron chi connectivity index (χ2n) is 6.45. The fourth-order valence-corrected chi connectivity index (χ4v) is 2.36. The van der Waals surface area contributed by atoms with Crippen molar-refractivity contribution in [2.75, 3.05) is 5.32 Å². The predicted octanol–water partition coefficient (Wildman–Crippen LogP) is 2.99. The molecule has 0 heterocycles. The molecule has 0 saturated heterocycles. The van der Waals surface area contributed by atoms with Crippen LogP contribution in [0.1, 0.15) is 35.3 Å². The highest BCUT2D eigenvalue weighted by atomic mass is 16.5. The number of rotatable bonds is 6. The standard InChI is InChI=1S/C21H24N2O4/c1-13-10-11-14(2)18(12-13)23-19(24)16(4)27-21(26)15(3)22-20(25)17-8-6-5-7-9-17/h5-12,15-16H,1-4H3,(H,22,25)(H,23,24)/t15-,16-/m0/s1. The first kappa shape index (κ1) is 20.2. The van der Waals surface area contributed by atoms with Crippen molar-refractivity contribution in [3.63, 3.8) is 0 Å². The van der Waals surface area contributed by atoms with E-state index in [0.717, 1.165) is 11.1 Å². The maximum Gasteiger partial charge on any atom is 0.329 e. The number of carbonyl (C=O) groups excluding carboxylic acids is 3. The lowest BCUT2D eigenvalue weighted by Crippen LogP contribution is -2.42. The van der Waals surface area contributed by atoms with Gasteiger partial charge < -0.3 is 15.4 Å². The van der Waals surface area contributed by atoms with Crippen LogP contribution in [0.25, 0.3) is 0 Å². The number of nitrogens with one attached hydrogen (secondary N) is 2. The number of esters is 1. The van der Waals surface area contributed by atoms with Gasteiger partial charge in [0.25, 0.3) is 11.8 Å². The third kappa shape index (κ3) is 5.67. The molecule has 2 N–H and O–H groups in total. The Balaban J connectivity index is 1.91. The molecule has 0 aromatic heterocycles. The fourth-order valence-electron chi connectivity index (χ4n) is 2.36. The zero-order valence-electron chi connectivity index (χ0n) is 15.9. The molecule has 2 amide bonds. The molecule has 0 unspecified atom stereocenters. The quantitative estimate of drug-likeness (QED) is 0.768. The highest BCUT2D eigenvalue weighted by molar-refractivity contribution is 5.98. The molecule has 0 spiro atoms. The van der Waals surface area contributed by atoms with E-state index in [0.29, 0.717) is 11.3 Å². The van der Waals surface area contributed by atoms with Crippen LogP contribution < -0.4 is 10.6 Å². The number of amides is 2. The van der Waals surface area contributed by atoms with Crippen molar-refractivity contribution in [2.45, 2.75) is 39.8 Å². The molecular weight excluding hydrogens is 344 g/mol. The predicted molar refractivity (Wildman–Crippen MR) is 103 cm³/mol. The Morgan fingerprint density at radius 1 is 0.963 bits per heavy atom. The Kier molecular flexibility index (Phi) is 6.71. The highest BCUT2D eigenvalue weighted by Crippen LogP contribution is 2.17. The lowest BCUT2D eigenvalue weighted by molar-refractivity contribution is -0.154. The van der Waals surface area contributed by atoms with Gasteiger partial charge in [-0.05, 0) is 57.0 Å². The van der Waals surface area contributed by atoms with Gasteiger partial charge in [0.15, 0.2) is 6.10 Å². The van der Waals surface area contributed by atoms with Crippen LogP contribution in [0.5, 0.6) is 0 Å². The summed E-state index contributed by atoms with van der Waals surface area (Å²) in [7, 11) is 0. The molecule has 6 heteroatoms. The van der Waals surface area contributed by atoms with E-state index in [1.807, 2.05) is 32.0 Å². The first-order chi connectivity index (χ1) is 12.8. The summed E-state index contributed by atoms with van der Waals surface area (Å²) in [6, 6.07) is 13.4. The summed E-state index contributed by atoms with van der Waals surface area (Å²) in [4.78, 5) is 36.6. The number of ether oxygens (including phenoxy) is 1. The molecule has 2 aromatic carbocycles. The van der Waals surface area contributed by atoms with Crippen LogP contribution in [0.2, 0.25) is 0 Å². The van der Waals surface area contributed by atoms with E-state index in [9.17, 15) is 14.4 Å². The molecule has 0 radical (unpaired) electrons. The Bertz CT molecular complexity index is 833. The average molecular weight is 368 g/mol.